The van der Waals surface area contributed by atoms with Crippen molar-refractivity contribution in [2.75, 3.05) is 25.5 Å². The van der Waals surface area contributed by atoms with E-state index in [1.54, 1.807) is 0 Å². The van der Waals surface area contributed by atoms with Crippen molar-refractivity contribution in [2.24, 2.45) is 5.73 Å². The summed E-state index contributed by atoms with van der Waals surface area (Å²) in [5, 5.41) is 0. The highest BCUT2D eigenvalue weighted by Gasteiger charge is 2.13. The summed E-state index contributed by atoms with van der Waals surface area (Å²) in [4.78, 5) is 0.802. The van der Waals surface area contributed by atoms with Gasteiger partial charge in [0.1, 0.15) is 0 Å². The average molecular weight is 269 g/mol. The summed E-state index contributed by atoms with van der Waals surface area (Å²) in [7, 11) is -0.980. The summed E-state index contributed by atoms with van der Waals surface area (Å²) in [6.07, 6.45) is 2.68. The minimum atomic E-state index is -0.980. The Bertz CT molecular complexity index is 423. The third-order valence-electron chi connectivity index (χ3n) is 2.77. The van der Waals surface area contributed by atoms with Crippen molar-refractivity contribution in [1.29, 1.82) is 0 Å². The van der Waals surface area contributed by atoms with E-state index < -0.39 is 10.8 Å². The average Bonchev–Trinajstić information content (AvgIpc) is 2.63. The van der Waals surface area contributed by atoms with Gasteiger partial charge < -0.3 is 15.2 Å². The standard InChI is InChI=1S/C13H19NO3S/c14-6-1-2-9-18(15)11-4-5-12-13(10-11)17-8-3-7-16-12/h4-5,10H,1-3,6-9,14H2. The van der Waals surface area contributed by atoms with E-state index in [9.17, 15) is 4.21 Å². The van der Waals surface area contributed by atoms with Gasteiger partial charge in [0.15, 0.2) is 11.5 Å². The Morgan fingerprint density at radius 3 is 2.72 bits per heavy atom. The number of ether oxygens (including phenoxy) is 2. The molecule has 0 radical (unpaired) electrons. The predicted octanol–water partition coefficient (Wildman–Crippen LogP) is 1.69. The third-order valence-corrected chi connectivity index (χ3v) is 4.20. The number of hydrogen-bond acceptors (Lipinski definition) is 4. The van der Waals surface area contributed by atoms with E-state index in [1.807, 2.05) is 18.2 Å². The highest BCUT2D eigenvalue weighted by atomic mass is 32.2. The summed E-state index contributed by atoms with van der Waals surface area (Å²) in [6, 6.07) is 5.53. The van der Waals surface area contributed by atoms with Crippen LogP contribution in [0.15, 0.2) is 23.1 Å². The minimum Gasteiger partial charge on any atom is -0.490 e. The van der Waals surface area contributed by atoms with Crippen molar-refractivity contribution < 1.29 is 13.7 Å². The van der Waals surface area contributed by atoms with Gasteiger partial charge in [0.05, 0.1) is 24.0 Å². The fourth-order valence-corrected chi connectivity index (χ4v) is 2.94. The SMILES string of the molecule is NCCCCS(=O)c1ccc2c(c1)OCCCO2. The Labute approximate surface area is 110 Å². The molecule has 0 saturated carbocycles. The Balaban J connectivity index is 2.05. The molecule has 1 aliphatic heterocycles. The molecule has 5 heteroatoms. The van der Waals surface area contributed by atoms with Gasteiger partial charge in [-0.15, -0.1) is 0 Å². The molecule has 0 aromatic heterocycles. The molecule has 100 valence electrons. The number of rotatable bonds is 5. The molecule has 0 bridgehead atoms. The van der Waals surface area contributed by atoms with Gasteiger partial charge in [0.2, 0.25) is 0 Å². The maximum absolute atomic E-state index is 12.1. The van der Waals surface area contributed by atoms with Crippen molar-refractivity contribution in [2.45, 2.75) is 24.2 Å². The van der Waals surface area contributed by atoms with Crippen LogP contribution in [0, 0.1) is 0 Å². The lowest BCUT2D eigenvalue weighted by atomic mass is 10.3. The zero-order valence-electron chi connectivity index (χ0n) is 10.4. The molecular weight excluding hydrogens is 250 g/mol. The van der Waals surface area contributed by atoms with Crippen molar-refractivity contribution in [3.8, 4) is 11.5 Å². The summed E-state index contributed by atoms with van der Waals surface area (Å²) >= 11 is 0. The molecule has 4 nitrogen and oxygen atoms in total. The summed E-state index contributed by atoms with van der Waals surface area (Å²) in [5.41, 5.74) is 5.43. The van der Waals surface area contributed by atoms with Gasteiger partial charge >= 0.3 is 0 Å². The van der Waals surface area contributed by atoms with E-state index in [1.165, 1.54) is 0 Å². The first kappa shape index (κ1) is 13.4. The lowest BCUT2D eigenvalue weighted by Crippen LogP contribution is -2.04. The van der Waals surface area contributed by atoms with Gasteiger partial charge in [-0.1, -0.05) is 0 Å². The van der Waals surface area contributed by atoms with E-state index in [4.69, 9.17) is 15.2 Å². The molecule has 1 aromatic carbocycles. The fourth-order valence-electron chi connectivity index (χ4n) is 1.78. The van der Waals surface area contributed by atoms with Crippen LogP contribution >= 0.6 is 0 Å². The van der Waals surface area contributed by atoms with Crippen LogP contribution in [0.2, 0.25) is 0 Å². The van der Waals surface area contributed by atoms with Crippen LogP contribution in [0.4, 0.5) is 0 Å². The summed E-state index contributed by atoms with van der Waals surface area (Å²) in [6.45, 7) is 1.97. The Kier molecular flexibility index (Phi) is 5.01. The first-order valence-corrected chi connectivity index (χ1v) is 7.61. The lowest BCUT2D eigenvalue weighted by Gasteiger charge is -2.09. The predicted molar refractivity (Wildman–Crippen MR) is 71.6 cm³/mol. The van der Waals surface area contributed by atoms with Gasteiger partial charge in [0.25, 0.3) is 0 Å². The second-order valence-corrected chi connectivity index (χ2v) is 5.78. The molecule has 0 amide bonds. The number of unbranched alkanes of at least 4 members (excludes halogenated alkanes) is 1. The summed E-state index contributed by atoms with van der Waals surface area (Å²) < 4.78 is 23.2. The quantitative estimate of drug-likeness (QED) is 0.826. The van der Waals surface area contributed by atoms with E-state index in [2.05, 4.69) is 0 Å². The molecule has 1 atom stereocenters. The number of hydrogen-bond donors (Lipinski definition) is 1. The van der Waals surface area contributed by atoms with Crippen LogP contribution in [0.25, 0.3) is 0 Å². The van der Waals surface area contributed by atoms with Crippen LogP contribution < -0.4 is 15.2 Å². The van der Waals surface area contributed by atoms with Gasteiger partial charge in [0, 0.05) is 23.1 Å². The highest BCUT2D eigenvalue weighted by Crippen LogP contribution is 2.31. The van der Waals surface area contributed by atoms with E-state index in [-0.39, 0.29) is 0 Å². The van der Waals surface area contributed by atoms with Crippen LogP contribution in [0.5, 0.6) is 11.5 Å². The van der Waals surface area contributed by atoms with Crippen LogP contribution in [0.1, 0.15) is 19.3 Å². The highest BCUT2D eigenvalue weighted by molar-refractivity contribution is 7.85. The maximum atomic E-state index is 12.1. The molecule has 0 aliphatic carbocycles. The maximum Gasteiger partial charge on any atom is 0.162 e. The number of nitrogens with two attached hydrogens (primary N) is 1. The van der Waals surface area contributed by atoms with Crippen LogP contribution in [-0.2, 0) is 10.8 Å². The van der Waals surface area contributed by atoms with Gasteiger partial charge in [-0.05, 0) is 31.5 Å². The van der Waals surface area contributed by atoms with E-state index in [0.717, 1.165) is 29.9 Å². The molecule has 1 unspecified atom stereocenters. The zero-order valence-corrected chi connectivity index (χ0v) is 11.2. The minimum absolute atomic E-state index is 0.649. The second-order valence-electron chi connectivity index (χ2n) is 4.20. The van der Waals surface area contributed by atoms with Crippen molar-refractivity contribution in [3.05, 3.63) is 18.2 Å². The monoisotopic (exact) mass is 269 g/mol. The van der Waals surface area contributed by atoms with Crippen molar-refractivity contribution in [1.82, 2.24) is 0 Å². The van der Waals surface area contributed by atoms with Gasteiger partial charge in [-0.2, -0.15) is 0 Å². The van der Waals surface area contributed by atoms with E-state index in [0.29, 0.717) is 31.3 Å². The smallest absolute Gasteiger partial charge is 0.162 e. The molecule has 0 fully saturated rings. The molecule has 1 heterocycles. The van der Waals surface area contributed by atoms with Crippen molar-refractivity contribution >= 4 is 10.8 Å². The molecule has 0 spiro atoms. The largest absolute Gasteiger partial charge is 0.490 e. The first-order chi connectivity index (χ1) is 8.81. The zero-order chi connectivity index (χ0) is 12.8. The molecule has 1 aromatic rings. The second kappa shape index (κ2) is 6.75. The van der Waals surface area contributed by atoms with Crippen LogP contribution in [0.3, 0.4) is 0 Å². The lowest BCUT2D eigenvalue weighted by molar-refractivity contribution is 0.297. The first-order valence-electron chi connectivity index (χ1n) is 6.29. The molecular formula is C13H19NO3S. The number of fused-ring (bicyclic) bond motifs is 1. The Hall–Kier alpha value is -1.07. The Morgan fingerprint density at radius 2 is 1.94 bits per heavy atom. The molecule has 2 rings (SSSR count). The normalized spacial score (nSPS) is 16.1. The third kappa shape index (κ3) is 3.46. The number of benzene rings is 1. The van der Waals surface area contributed by atoms with Gasteiger partial charge in [-0.3, -0.25) is 4.21 Å². The molecule has 18 heavy (non-hydrogen) atoms. The fraction of sp³-hybridized carbons (Fsp3) is 0.538. The topological polar surface area (TPSA) is 61.6 Å². The summed E-state index contributed by atoms with van der Waals surface area (Å²) in [5.74, 6) is 2.10. The Morgan fingerprint density at radius 1 is 1.17 bits per heavy atom. The molecule has 2 N–H and O–H groups in total. The molecule has 0 saturated heterocycles. The van der Waals surface area contributed by atoms with Gasteiger partial charge in [-0.25, -0.2) is 0 Å². The van der Waals surface area contributed by atoms with Crippen molar-refractivity contribution in [3.63, 3.8) is 0 Å². The molecule has 1 aliphatic rings. The van der Waals surface area contributed by atoms with Crippen LogP contribution in [-0.4, -0.2) is 29.7 Å². The van der Waals surface area contributed by atoms with E-state index >= 15 is 0 Å².